The monoisotopic (exact) mass is 261 g/mol. The van der Waals surface area contributed by atoms with Crippen LogP contribution in [0.5, 0.6) is 0 Å². The van der Waals surface area contributed by atoms with Crippen LogP contribution >= 0.6 is 0 Å². The van der Waals surface area contributed by atoms with Crippen molar-refractivity contribution < 1.29 is 0 Å². The molecule has 0 amide bonds. The number of rotatable bonds is 6. The maximum absolute atomic E-state index is 5.86. The summed E-state index contributed by atoms with van der Waals surface area (Å²) in [5, 5.41) is 3.15. The Morgan fingerprint density at radius 1 is 1.26 bits per heavy atom. The number of nitrogens with two attached hydrogens (primary N) is 1. The first-order chi connectivity index (χ1) is 8.89. The highest BCUT2D eigenvalue weighted by molar-refractivity contribution is 5.77. The number of benzene rings is 1. The van der Waals surface area contributed by atoms with Gasteiger partial charge in [0.2, 0.25) is 0 Å². The second kappa shape index (κ2) is 7.17. The summed E-state index contributed by atoms with van der Waals surface area (Å²) in [6.07, 6.45) is 1.01. The normalized spacial score (nSPS) is 12.8. The van der Waals surface area contributed by atoms with Crippen molar-refractivity contribution in [2.45, 2.75) is 34.1 Å². The molecule has 0 heterocycles. The lowest BCUT2D eigenvalue weighted by molar-refractivity contribution is 0.377. The van der Waals surface area contributed by atoms with Crippen LogP contribution in [0.1, 0.15) is 33.3 Å². The minimum atomic E-state index is 0.117. The van der Waals surface area contributed by atoms with E-state index >= 15 is 0 Å². The lowest BCUT2D eigenvalue weighted by Gasteiger charge is -2.22. The number of nitrogens with zero attached hydrogens (tertiary/aromatic N) is 1. The minimum absolute atomic E-state index is 0.117. The Kier molecular flexibility index (Phi) is 5.87. The molecule has 0 bridgehead atoms. The van der Waals surface area contributed by atoms with Gasteiger partial charge in [-0.05, 0) is 23.3 Å². The van der Waals surface area contributed by atoms with Crippen LogP contribution in [0.3, 0.4) is 0 Å². The van der Waals surface area contributed by atoms with Crippen LogP contribution in [0.25, 0.3) is 0 Å². The molecular weight excluding hydrogens is 234 g/mol. The molecule has 0 aromatic heterocycles. The fraction of sp³-hybridized carbons (Fsp3) is 0.562. The van der Waals surface area contributed by atoms with Gasteiger partial charge in [-0.15, -0.1) is 0 Å². The fourth-order valence-corrected chi connectivity index (χ4v) is 1.87. The maximum Gasteiger partial charge on any atom is 0.188 e. The molecule has 0 fully saturated rings. The van der Waals surface area contributed by atoms with Gasteiger partial charge in [0, 0.05) is 13.1 Å². The van der Waals surface area contributed by atoms with Gasteiger partial charge >= 0.3 is 0 Å². The van der Waals surface area contributed by atoms with Crippen LogP contribution in [0.4, 0.5) is 0 Å². The molecular formula is C16H27N3. The van der Waals surface area contributed by atoms with Gasteiger partial charge in [0.25, 0.3) is 0 Å². The molecule has 1 aromatic carbocycles. The van der Waals surface area contributed by atoms with Crippen LogP contribution in [0, 0.1) is 11.3 Å². The summed E-state index contributed by atoms with van der Waals surface area (Å²) in [5.74, 6) is 1.13. The van der Waals surface area contributed by atoms with E-state index in [-0.39, 0.29) is 5.41 Å². The predicted octanol–water partition coefficient (Wildman–Crippen LogP) is 2.82. The largest absolute Gasteiger partial charge is 0.370 e. The third kappa shape index (κ3) is 6.85. The molecule has 3 N–H and O–H groups in total. The summed E-state index contributed by atoms with van der Waals surface area (Å²) >= 11 is 0. The Hall–Kier alpha value is -1.51. The van der Waals surface area contributed by atoms with E-state index in [0.717, 1.165) is 19.5 Å². The first kappa shape index (κ1) is 15.5. The zero-order valence-corrected chi connectivity index (χ0v) is 12.6. The molecule has 0 unspecified atom stereocenters. The number of hydrogen-bond acceptors (Lipinski definition) is 1. The highest BCUT2D eigenvalue weighted by Crippen LogP contribution is 2.21. The summed E-state index contributed by atoms with van der Waals surface area (Å²) in [7, 11) is 0. The standard InChI is InChI=1S/C16H27N3/c1-13(2)11-18-15(17)19-12-16(3,4)10-14-8-6-5-7-9-14/h5-9,13H,10-12H2,1-4H3,(H3,17,18,19). The van der Waals surface area contributed by atoms with Crippen molar-refractivity contribution in [3.8, 4) is 0 Å². The van der Waals surface area contributed by atoms with Crippen molar-refractivity contribution in [1.82, 2.24) is 5.32 Å². The molecule has 19 heavy (non-hydrogen) atoms. The first-order valence-corrected chi connectivity index (χ1v) is 6.97. The smallest absolute Gasteiger partial charge is 0.188 e. The highest BCUT2D eigenvalue weighted by Gasteiger charge is 2.18. The van der Waals surface area contributed by atoms with E-state index in [0.29, 0.717) is 11.9 Å². The summed E-state index contributed by atoms with van der Waals surface area (Å²) in [4.78, 5) is 4.45. The molecule has 0 radical (unpaired) electrons. The Morgan fingerprint density at radius 3 is 2.47 bits per heavy atom. The van der Waals surface area contributed by atoms with Crippen LogP contribution < -0.4 is 11.1 Å². The van der Waals surface area contributed by atoms with Crippen molar-refractivity contribution in [2.24, 2.45) is 22.1 Å². The summed E-state index contributed by atoms with van der Waals surface area (Å²) < 4.78 is 0. The van der Waals surface area contributed by atoms with Crippen molar-refractivity contribution >= 4 is 5.96 Å². The molecule has 0 saturated carbocycles. The van der Waals surface area contributed by atoms with Crippen LogP contribution in [0.2, 0.25) is 0 Å². The predicted molar refractivity (Wildman–Crippen MR) is 83.3 cm³/mol. The van der Waals surface area contributed by atoms with Gasteiger partial charge in [-0.25, -0.2) is 0 Å². The van der Waals surface area contributed by atoms with E-state index in [1.54, 1.807) is 0 Å². The van der Waals surface area contributed by atoms with Crippen molar-refractivity contribution in [1.29, 1.82) is 0 Å². The first-order valence-electron chi connectivity index (χ1n) is 6.97. The van der Waals surface area contributed by atoms with Crippen molar-refractivity contribution in [3.63, 3.8) is 0 Å². The Morgan fingerprint density at radius 2 is 1.89 bits per heavy atom. The maximum atomic E-state index is 5.86. The van der Waals surface area contributed by atoms with Gasteiger partial charge in [0.05, 0.1) is 0 Å². The molecule has 0 aliphatic carbocycles. The fourth-order valence-electron chi connectivity index (χ4n) is 1.87. The zero-order valence-electron chi connectivity index (χ0n) is 12.6. The minimum Gasteiger partial charge on any atom is -0.370 e. The van der Waals surface area contributed by atoms with E-state index in [4.69, 9.17) is 5.73 Å². The van der Waals surface area contributed by atoms with E-state index in [9.17, 15) is 0 Å². The lowest BCUT2D eigenvalue weighted by Crippen LogP contribution is -2.35. The average Bonchev–Trinajstić information content (AvgIpc) is 2.34. The third-order valence-corrected chi connectivity index (χ3v) is 2.89. The molecule has 3 heteroatoms. The molecule has 0 atom stereocenters. The van der Waals surface area contributed by atoms with Crippen molar-refractivity contribution in [2.75, 3.05) is 13.1 Å². The molecule has 1 rings (SSSR count). The highest BCUT2D eigenvalue weighted by atomic mass is 15.1. The number of nitrogens with one attached hydrogen (secondary N) is 1. The number of aliphatic imine (C=N–C) groups is 1. The number of hydrogen-bond donors (Lipinski definition) is 2. The lowest BCUT2D eigenvalue weighted by atomic mass is 9.86. The topological polar surface area (TPSA) is 50.4 Å². The SMILES string of the molecule is CC(C)CNC(N)=NCC(C)(C)Cc1ccccc1. The Balaban J connectivity index is 2.48. The third-order valence-electron chi connectivity index (χ3n) is 2.89. The second-order valence-corrected chi connectivity index (χ2v) is 6.30. The van der Waals surface area contributed by atoms with Crippen LogP contribution in [-0.2, 0) is 6.42 Å². The summed E-state index contributed by atoms with van der Waals surface area (Å²) in [6.45, 7) is 10.4. The summed E-state index contributed by atoms with van der Waals surface area (Å²) in [5.41, 5.74) is 7.32. The van der Waals surface area contributed by atoms with Gasteiger partial charge < -0.3 is 11.1 Å². The van der Waals surface area contributed by atoms with Crippen molar-refractivity contribution in [3.05, 3.63) is 35.9 Å². The summed E-state index contributed by atoms with van der Waals surface area (Å²) in [6, 6.07) is 10.5. The molecule has 106 valence electrons. The molecule has 0 saturated heterocycles. The second-order valence-electron chi connectivity index (χ2n) is 6.30. The van der Waals surface area contributed by atoms with Gasteiger partial charge in [0.15, 0.2) is 5.96 Å². The molecule has 0 aliphatic rings. The molecule has 0 spiro atoms. The van der Waals surface area contributed by atoms with E-state index in [1.807, 2.05) is 6.07 Å². The Labute approximate surface area is 117 Å². The van der Waals surface area contributed by atoms with Gasteiger partial charge in [-0.1, -0.05) is 58.0 Å². The van der Waals surface area contributed by atoms with Gasteiger partial charge in [-0.3, -0.25) is 4.99 Å². The number of guanidine groups is 1. The Bertz CT molecular complexity index is 394. The van der Waals surface area contributed by atoms with Crippen LogP contribution in [-0.4, -0.2) is 19.0 Å². The molecule has 3 nitrogen and oxygen atoms in total. The van der Waals surface area contributed by atoms with E-state index < -0.39 is 0 Å². The van der Waals surface area contributed by atoms with E-state index in [1.165, 1.54) is 5.56 Å². The van der Waals surface area contributed by atoms with Gasteiger partial charge in [0.1, 0.15) is 0 Å². The quantitative estimate of drug-likeness (QED) is 0.611. The van der Waals surface area contributed by atoms with Crippen LogP contribution in [0.15, 0.2) is 35.3 Å². The molecule has 1 aromatic rings. The van der Waals surface area contributed by atoms with Gasteiger partial charge in [-0.2, -0.15) is 0 Å². The zero-order chi connectivity index (χ0) is 14.3. The average molecular weight is 261 g/mol. The van der Waals surface area contributed by atoms with E-state index in [2.05, 4.69) is 62.3 Å². The molecule has 0 aliphatic heterocycles.